The van der Waals surface area contributed by atoms with E-state index in [0.29, 0.717) is 32.4 Å². The Balaban J connectivity index is 2.01. The van der Waals surface area contributed by atoms with E-state index in [9.17, 15) is 14.4 Å². The standard InChI is InChI=1S/C23H35BrN2O5S/c1-5-10-25(14(3)4)21(29)19-23-13-15(24)18(32-23)16(22(30)31-6-2)17(23)20(28)26(19)11-8-7-9-12-27/h5,14-19,27H,1,6-13H2,2-4H3/t15?,16-,17-,18-,19?,23?/m0/s1. The molecule has 0 aliphatic carbocycles. The molecule has 180 valence electrons. The number of thioether (sulfide) groups is 1. The second-order valence-corrected chi connectivity index (χ2v) is 11.8. The van der Waals surface area contributed by atoms with Crippen LogP contribution in [-0.4, -0.2) is 85.9 Å². The van der Waals surface area contributed by atoms with Crippen molar-refractivity contribution in [1.82, 2.24) is 9.80 Å². The fraction of sp³-hybridized carbons (Fsp3) is 0.783. The predicted octanol–water partition coefficient (Wildman–Crippen LogP) is 2.60. The van der Waals surface area contributed by atoms with Gasteiger partial charge in [0.1, 0.15) is 6.04 Å². The van der Waals surface area contributed by atoms with Crippen molar-refractivity contribution in [3.63, 3.8) is 0 Å². The monoisotopic (exact) mass is 530 g/mol. The van der Waals surface area contributed by atoms with Gasteiger partial charge in [-0.05, 0) is 46.5 Å². The van der Waals surface area contributed by atoms with Crippen LogP contribution in [0.1, 0.15) is 46.5 Å². The minimum atomic E-state index is -0.643. The van der Waals surface area contributed by atoms with Crippen molar-refractivity contribution in [1.29, 1.82) is 0 Å². The minimum absolute atomic E-state index is 0.0356. The van der Waals surface area contributed by atoms with Crippen LogP contribution in [-0.2, 0) is 19.1 Å². The average Bonchev–Trinajstić information content (AvgIpc) is 3.32. The number of aliphatic hydroxyl groups is 1. The quantitative estimate of drug-likeness (QED) is 0.191. The molecule has 1 spiro atoms. The number of alkyl halides is 1. The molecule has 3 unspecified atom stereocenters. The van der Waals surface area contributed by atoms with Crippen LogP contribution in [0, 0.1) is 11.8 Å². The van der Waals surface area contributed by atoms with Crippen molar-refractivity contribution in [2.75, 3.05) is 26.3 Å². The highest BCUT2D eigenvalue weighted by atomic mass is 79.9. The number of aliphatic hydroxyl groups excluding tert-OH is 1. The van der Waals surface area contributed by atoms with Crippen LogP contribution in [0.3, 0.4) is 0 Å². The molecule has 32 heavy (non-hydrogen) atoms. The molecule has 3 heterocycles. The normalized spacial score (nSPS) is 33.0. The number of carbonyl (C=O) groups excluding carboxylic acids is 3. The molecule has 3 fully saturated rings. The molecular weight excluding hydrogens is 496 g/mol. The van der Waals surface area contributed by atoms with Crippen LogP contribution >= 0.6 is 27.7 Å². The van der Waals surface area contributed by atoms with Gasteiger partial charge in [-0.1, -0.05) is 22.0 Å². The first kappa shape index (κ1) is 25.6. The topological polar surface area (TPSA) is 87.2 Å². The summed E-state index contributed by atoms with van der Waals surface area (Å²) in [5.41, 5.74) is 0. The molecule has 0 radical (unpaired) electrons. The minimum Gasteiger partial charge on any atom is -0.466 e. The zero-order chi connectivity index (χ0) is 23.6. The van der Waals surface area contributed by atoms with Gasteiger partial charge >= 0.3 is 5.97 Å². The second-order valence-electron chi connectivity index (χ2n) is 9.10. The van der Waals surface area contributed by atoms with E-state index >= 15 is 0 Å². The molecule has 7 nitrogen and oxygen atoms in total. The van der Waals surface area contributed by atoms with Crippen LogP contribution in [0.5, 0.6) is 0 Å². The van der Waals surface area contributed by atoms with Gasteiger partial charge in [-0.25, -0.2) is 0 Å². The number of ether oxygens (including phenoxy) is 1. The van der Waals surface area contributed by atoms with Gasteiger partial charge in [0.2, 0.25) is 11.8 Å². The fourth-order valence-corrected chi connectivity index (χ4v) is 9.17. The van der Waals surface area contributed by atoms with Crippen molar-refractivity contribution in [3.8, 4) is 0 Å². The lowest BCUT2D eigenvalue weighted by molar-refractivity contribution is -0.153. The molecule has 6 atom stereocenters. The van der Waals surface area contributed by atoms with Gasteiger partial charge < -0.3 is 19.6 Å². The molecule has 2 amide bonds. The summed E-state index contributed by atoms with van der Waals surface area (Å²) in [6.07, 6.45) is 4.52. The molecule has 3 saturated heterocycles. The molecule has 3 aliphatic rings. The van der Waals surface area contributed by atoms with Crippen LogP contribution in [0.15, 0.2) is 12.7 Å². The largest absolute Gasteiger partial charge is 0.466 e. The predicted molar refractivity (Wildman–Crippen MR) is 129 cm³/mol. The molecule has 1 N–H and O–H groups in total. The van der Waals surface area contributed by atoms with Crippen molar-refractivity contribution >= 4 is 45.5 Å². The number of rotatable bonds is 11. The van der Waals surface area contributed by atoms with E-state index < -0.39 is 22.6 Å². The van der Waals surface area contributed by atoms with Crippen LogP contribution in [0.2, 0.25) is 0 Å². The van der Waals surface area contributed by atoms with Gasteiger partial charge in [-0.3, -0.25) is 14.4 Å². The zero-order valence-corrected chi connectivity index (χ0v) is 21.6. The molecule has 3 aliphatic heterocycles. The van der Waals surface area contributed by atoms with E-state index in [0.717, 1.165) is 6.42 Å². The van der Waals surface area contributed by atoms with Gasteiger partial charge in [0.05, 0.1) is 23.2 Å². The van der Waals surface area contributed by atoms with Crippen molar-refractivity contribution in [2.24, 2.45) is 11.8 Å². The van der Waals surface area contributed by atoms with E-state index in [-0.39, 0.29) is 47.1 Å². The highest BCUT2D eigenvalue weighted by Gasteiger charge is 2.76. The highest BCUT2D eigenvalue weighted by Crippen LogP contribution is 2.68. The van der Waals surface area contributed by atoms with Gasteiger partial charge in [-0.2, -0.15) is 0 Å². The number of fused-ring (bicyclic) bond motifs is 1. The van der Waals surface area contributed by atoms with E-state index in [1.807, 2.05) is 13.8 Å². The van der Waals surface area contributed by atoms with E-state index in [1.54, 1.807) is 34.6 Å². The summed E-state index contributed by atoms with van der Waals surface area (Å²) >= 11 is 5.38. The summed E-state index contributed by atoms with van der Waals surface area (Å²) in [5.74, 6) is -1.61. The number of hydrogen-bond acceptors (Lipinski definition) is 6. The Hall–Kier alpha value is -1.06. The highest BCUT2D eigenvalue weighted by molar-refractivity contribution is 9.09. The van der Waals surface area contributed by atoms with Crippen LogP contribution in [0.25, 0.3) is 0 Å². The number of amides is 2. The number of hydrogen-bond donors (Lipinski definition) is 1. The van der Waals surface area contributed by atoms with Gasteiger partial charge in [0, 0.05) is 35.8 Å². The average molecular weight is 532 g/mol. The summed E-state index contributed by atoms with van der Waals surface area (Å²) in [6, 6.07) is -0.655. The maximum Gasteiger partial charge on any atom is 0.310 e. The second kappa shape index (κ2) is 10.5. The SMILES string of the molecule is C=CCN(C(=O)C1N(CCCCCO)C(=O)[C@@H]2[C@H](C(=O)OCC)[C@H]3SC12CC3Br)C(C)C. The Morgan fingerprint density at radius 3 is 2.72 bits per heavy atom. The summed E-state index contributed by atoms with van der Waals surface area (Å²) in [6.45, 7) is 10.7. The maximum absolute atomic E-state index is 14.0. The van der Waals surface area contributed by atoms with Crippen LogP contribution < -0.4 is 0 Å². The Morgan fingerprint density at radius 2 is 2.12 bits per heavy atom. The number of likely N-dealkylation sites (tertiary alicyclic amines) is 1. The van der Waals surface area contributed by atoms with Crippen molar-refractivity contribution < 1.29 is 24.2 Å². The lowest BCUT2D eigenvalue weighted by Crippen LogP contribution is -2.56. The Morgan fingerprint density at radius 1 is 1.41 bits per heavy atom. The van der Waals surface area contributed by atoms with Gasteiger partial charge in [0.15, 0.2) is 0 Å². The molecule has 9 heteroatoms. The lowest BCUT2D eigenvalue weighted by atomic mass is 9.71. The molecule has 3 rings (SSSR count). The zero-order valence-electron chi connectivity index (χ0n) is 19.2. The Labute approximate surface area is 203 Å². The lowest BCUT2D eigenvalue weighted by Gasteiger charge is -2.39. The van der Waals surface area contributed by atoms with Gasteiger partial charge in [0.25, 0.3) is 0 Å². The third kappa shape index (κ3) is 4.25. The van der Waals surface area contributed by atoms with E-state index in [2.05, 4.69) is 22.5 Å². The number of nitrogens with zero attached hydrogens (tertiary/aromatic N) is 2. The first-order valence-electron chi connectivity index (χ1n) is 11.6. The summed E-state index contributed by atoms with van der Waals surface area (Å²) in [7, 11) is 0. The van der Waals surface area contributed by atoms with Gasteiger partial charge in [-0.15, -0.1) is 18.3 Å². The first-order chi connectivity index (χ1) is 15.2. The molecule has 2 bridgehead atoms. The molecule has 0 aromatic heterocycles. The summed E-state index contributed by atoms with van der Waals surface area (Å²) in [4.78, 5) is 44.2. The summed E-state index contributed by atoms with van der Waals surface area (Å²) in [5, 5.41) is 9.04. The number of halogens is 1. The van der Waals surface area contributed by atoms with Crippen molar-refractivity contribution in [2.45, 2.75) is 73.4 Å². The Kier molecular flexibility index (Phi) is 8.36. The molecule has 0 aromatic rings. The van der Waals surface area contributed by atoms with E-state index in [1.165, 1.54) is 0 Å². The van der Waals surface area contributed by atoms with E-state index in [4.69, 9.17) is 9.84 Å². The number of carbonyl (C=O) groups is 3. The molecule has 0 aromatic carbocycles. The van der Waals surface area contributed by atoms with Crippen LogP contribution in [0.4, 0.5) is 0 Å². The third-order valence-electron chi connectivity index (χ3n) is 6.87. The maximum atomic E-state index is 14.0. The summed E-state index contributed by atoms with van der Waals surface area (Å²) < 4.78 is 4.72. The van der Waals surface area contributed by atoms with Crippen molar-refractivity contribution in [3.05, 3.63) is 12.7 Å². The first-order valence-corrected chi connectivity index (χ1v) is 13.4. The number of esters is 1. The third-order valence-corrected chi connectivity index (χ3v) is 10.1. The number of unbranched alkanes of at least 4 members (excludes halogenated alkanes) is 2. The fourth-order valence-electron chi connectivity index (χ4n) is 5.58. The Bertz CT molecular complexity index is 750. The molecule has 0 saturated carbocycles. The molecular formula is C23H35BrN2O5S. The smallest absolute Gasteiger partial charge is 0.310 e.